The topological polar surface area (TPSA) is 45.2 Å². The summed E-state index contributed by atoms with van der Waals surface area (Å²) >= 11 is 1.66. The predicted molar refractivity (Wildman–Crippen MR) is 83.2 cm³/mol. The third-order valence-corrected chi connectivity index (χ3v) is 4.26. The highest BCUT2D eigenvalue weighted by Gasteiger charge is 2.20. The second-order valence-corrected chi connectivity index (χ2v) is 5.55. The normalized spacial score (nSPS) is 11.9. The van der Waals surface area contributed by atoms with Gasteiger partial charge in [-0.1, -0.05) is 6.07 Å². The molecule has 0 radical (unpaired) electrons. The minimum atomic E-state index is -0.0642. The zero-order chi connectivity index (χ0) is 14.5. The second-order valence-electron chi connectivity index (χ2n) is 4.57. The highest BCUT2D eigenvalue weighted by molar-refractivity contribution is 7.10. The summed E-state index contributed by atoms with van der Waals surface area (Å²) in [7, 11) is 1.81. The number of anilines is 1. The summed E-state index contributed by atoms with van der Waals surface area (Å²) in [6.45, 7) is 4.86. The van der Waals surface area contributed by atoms with Gasteiger partial charge < -0.3 is 10.2 Å². The quantitative estimate of drug-likeness (QED) is 0.917. The summed E-state index contributed by atoms with van der Waals surface area (Å²) in [6, 6.07) is 7.75. The van der Waals surface area contributed by atoms with E-state index in [0.29, 0.717) is 5.69 Å². The first-order chi connectivity index (χ1) is 9.63. The molecule has 1 unspecified atom stereocenters. The first-order valence-electron chi connectivity index (χ1n) is 6.64. The van der Waals surface area contributed by atoms with E-state index in [1.165, 1.54) is 4.88 Å². The van der Waals surface area contributed by atoms with Crippen LogP contribution in [0.2, 0.25) is 0 Å². The van der Waals surface area contributed by atoms with Gasteiger partial charge in [0.05, 0.1) is 6.04 Å². The molecule has 0 saturated heterocycles. The van der Waals surface area contributed by atoms with Crippen LogP contribution < -0.4 is 5.32 Å². The van der Waals surface area contributed by atoms with Crippen molar-refractivity contribution in [2.45, 2.75) is 19.9 Å². The summed E-state index contributed by atoms with van der Waals surface area (Å²) in [5.41, 5.74) is 1.39. The van der Waals surface area contributed by atoms with Gasteiger partial charge >= 0.3 is 0 Å². The number of thiophene rings is 1. The van der Waals surface area contributed by atoms with Gasteiger partial charge in [-0.3, -0.25) is 9.78 Å². The van der Waals surface area contributed by atoms with Gasteiger partial charge in [0, 0.05) is 30.4 Å². The van der Waals surface area contributed by atoms with Crippen molar-refractivity contribution >= 4 is 22.9 Å². The average Bonchev–Trinajstić information content (AvgIpc) is 3.00. The molecule has 5 heteroatoms. The minimum absolute atomic E-state index is 0.0482. The van der Waals surface area contributed by atoms with Gasteiger partial charge in [0.2, 0.25) is 0 Å². The summed E-state index contributed by atoms with van der Waals surface area (Å²) < 4.78 is 0. The SMILES string of the molecule is CCNc1ccnc(C(=O)N(C)C(C)c2cccs2)c1. The lowest BCUT2D eigenvalue weighted by atomic mass is 10.2. The Kier molecular flexibility index (Phi) is 4.74. The lowest BCUT2D eigenvalue weighted by Crippen LogP contribution is -2.29. The number of amides is 1. The van der Waals surface area contributed by atoms with E-state index >= 15 is 0 Å². The summed E-state index contributed by atoms with van der Waals surface area (Å²) in [6.07, 6.45) is 1.66. The lowest BCUT2D eigenvalue weighted by molar-refractivity contribution is 0.0739. The smallest absolute Gasteiger partial charge is 0.272 e. The Morgan fingerprint density at radius 3 is 2.95 bits per heavy atom. The molecule has 2 heterocycles. The van der Waals surface area contributed by atoms with Crippen molar-refractivity contribution in [1.29, 1.82) is 0 Å². The van der Waals surface area contributed by atoms with Crippen molar-refractivity contribution in [2.75, 3.05) is 18.9 Å². The van der Waals surface area contributed by atoms with Gasteiger partial charge in [0.15, 0.2) is 0 Å². The van der Waals surface area contributed by atoms with E-state index in [-0.39, 0.29) is 11.9 Å². The van der Waals surface area contributed by atoms with Crippen LogP contribution in [-0.2, 0) is 0 Å². The van der Waals surface area contributed by atoms with Gasteiger partial charge in [0.1, 0.15) is 5.69 Å². The third kappa shape index (κ3) is 3.17. The Labute approximate surface area is 123 Å². The second kappa shape index (κ2) is 6.52. The molecule has 2 rings (SSSR count). The van der Waals surface area contributed by atoms with Crippen molar-refractivity contribution in [2.24, 2.45) is 0 Å². The number of rotatable bonds is 5. The zero-order valence-electron chi connectivity index (χ0n) is 12.0. The fourth-order valence-corrected chi connectivity index (χ4v) is 2.76. The van der Waals surface area contributed by atoms with Crippen molar-refractivity contribution < 1.29 is 4.79 Å². The van der Waals surface area contributed by atoms with E-state index in [2.05, 4.69) is 10.3 Å². The Balaban J connectivity index is 2.16. The van der Waals surface area contributed by atoms with Crippen LogP contribution in [0.5, 0.6) is 0 Å². The standard InChI is InChI=1S/C15H19N3OS/c1-4-16-12-7-8-17-13(10-12)15(19)18(3)11(2)14-6-5-9-20-14/h5-11H,4H2,1-3H3,(H,16,17). The van der Waals surface area contributed by atoms with Crippen LogP contribution >= 0.6 is 11.3 Å². The molecule has 0 aliphatic rings. The third-order valence-electron chi connectivity index (χ3n) is 3.22. The number of hydrogen-bond acceptors (Lipinski definition) is 4. The van der Waals surface area contributed by atoms with Crippen LogP contribution in [0.4, 0.5) is 5.69 Å². The molecule has 20 heavy (non-hydrogen) atoms. The van der Waals surface area contributed by atoms with E-state index in [9.17, 15) is 4.79 Å². The molecule has 0 aliphatic carbocycles. The molecule has 0 fully saturated rings. The summed E-state index contributed by atoms with van der Waals surface area (Å²) in [5.74, 6) is -0.0642. The van der Waals surface area contributed by atoms with Gasteiger partial charge in [0.25, 0.3) is 5.91 Å². The minimum Gasteiger partial charge on any atom is -0.385 e. The zero-order valence-corrected chi connectivity index (χ0v) is 12.8. The van der Waals surface area contributed by atoms with Crippen molar-refractivity contribution in [3.63, 3.8) is 0 Å². The highest BCUT2D eigenvalue weighted by Crippen LogP contribution is 2.24. The van der Waals surface area contributed by atoms with Crippen LogP contribution in [0.15, 0.2) is 35.8 Å². The maximum Gasteiger partial charge on any atom is 0.272 e. The number of hydrogen-bond donors (Lipinski definition) is 1. The van der Waals surface area contributed by atoms with Gasteiger partial charge in [-0.25, -0.2) is 0 Å². The molecular formula is C15H19N3OS. The number of pyridine rings is 1. The van der Waals surface area contributed by atoms with Crippen molar-refractivity contribution in [3.05, 3.63) is 46.4 Å². The predicted octanol–water partition coefficient (Wildman–Crippen LogP) is 3.41. The molecule has 0 aliphatic heterocycles. The van der Waals surface area contributed by atoms with Crippen molar-refractivity contribution in [3.8, 4) is 0 Å². The maximum atomic E-state index is 12.5. The average molecular weight is 289 g/mol. The first-order valence-corrected chi connectivity index (χ1v) is 7.52. The monoisotopic (exact) mass is 289 g/mol. The van der Waals surface area contributed by atoms with E-state index in [1.54, 1.807) is 28.5 Å². The largest absolute Gasteiger partial charge is 0.385 e. The Bertz CT molecular complexity index is 568. The van der Waals surface area contributed by atoms with Crippen LogP contribution in [0.1, 0.15) is 35.3 Å². The first kappa shape index (κ1) is 14.5. The van der Waals surface area contributed by atoms with Crippen LogP contribution in [0.25, 0.3) is 0 Å². The number of nitrogens with one attached hydrogen (secondary N) is 1. The molecule has 106 valence electrons. The Morgan fingerprint density at radius 1 is 1.50 bits per heavy atom. The molecule has 0 spiro atoms. The molecule has 2 aromatic heterocycles. The van der Waals surface area contributed by atoms with E-state index in [0.717, 1.165) is 12.2 Å². The van der Waals surface area contributed by atoms with Crippen LogP contribution in [0.3, 0.4) is 0 Å². The van der Waals surface area contributed by atoms with E-state index in [1.807, 2.05) is 44.5 Å². The fraction of sp³-hybridized carbons (Fsp3) is 0.333. The molecule has 1 amide bonds. The summed E-state index contributed by atoms with van der Waals surface area (Å²) in [5, 5.41) is 5.21. The maximum absolute atomic E-state index is 12.5. The number of carbonyl (C=O) groups excluding carboxylic acids is 1. The number of nitrogens with zero attached hydrogens (tertiary/aromatic N) is 2. The summed E-state index contributed by atoms with van der Waals surface area (Å²) in [4.78, 5) is 19.6. The Morgan fingerprint density at radius 2 is 2.30 bits per heavy atom. The number of carbonyl (C=O) groups is 1. The van der Waals surface area contributed by atoms with Gasteiger partial charge in [-0.2, -0.15) is 0 Å². The Hall–Kier alpha value is -1.88. The molecule has 2 aromatic rings. The van der Waals surface area contributed by atoms with Crippen LogP contribution in [0, 0.1) is 0 Å². The molecule has 0 bridgehead atoms. The fourth-order valence-electron chi connectivity index (χ4n) is 1.94. The van der Waals surface area contributed by atoms with Crippen molar-refractivity contribution in [1.82, 2.24) is 9.88 Å². The van der Waals surface area contributed by atoms with Gasteiger partial charge in [-0.05, 0) is 37.4 Å². The molecule has 0 aromatic carbocycles. The number of aromatic nitrogens is 1. The van der Waals surface area contributed by atoms with Gasteiger partial charge in [-0.15, -0.1) is 11.3 Å². The molecule has 1 N–H and O–H groups in total. The molecule has 0 saturated carbocycles. The molecular weight excluding hydrogens is 270 g/mol. The molecule has 1 atom stereocenters. The lowest BCUT2D eigenvalue weighted by Gasteiger charge is -2.23. The van der Waals surface area contributed by atoms with E-state index in [4.69, 9.17) is 0 Å². The van der Waals surface area contributed by atoms with E-state index < -0.39 is 0 Å². The highest BCUT2D eigenvalue weighted by atomic mass is 32.1. The molecule has 4 nitrogen and oxygen atoms in total. The van der Waals surface area contributed by atoms with Crippen LogP contribution in [-0.4, -0.2) is 29.4 Å².